The lowest BCUT2D eigenvalue weighted by molar-refractivity contribution is 0.468. The van der Waals surface area contributed by atoms with E-state index in [2.05, 4.69) is 6.92 Å². The summed E-state index contributed by atoms with van der Waals surface area (Å²) in [4.78, 5) is 0. The largest absolute Gasteiger partial charge is 0.482 e. The second kappa shape index (κ2) is 3.29. The first-order chi connectivity index (χ1) is 6.89. The molecule has 1 fully saturated rings. The number of hydrogen-bond donors (Lipinski definition) is 0. The Hall–Kier alpha value is -0.925. The van der Waals surface area contributed by atoms with Gasteiger partial charge in [0.05, 0.1) is 0 Å². The predicted molar refractivity (Wildman–Crippen MR) is 55.8 cm³/mol. The molecule has 82 valence electrons. The highest BCUT2D eigenvalue weighted by molar-refractivity contribution is 6.57. The molecule has 0 aromatic heterocycles. The van der Waals surface area contributed by atoms with E-state index in [1.54, 1.807) is 18.2 Å². The Morgan fingerprint density at radius 1 is 1.27 bits per heavy atom. The minimum atomic E-state index is -4.72. The normalized spacial score (nSPS) is 18.9. The maximum absolute atomic E-state index is 12.2. The van der Waals surface area contributed by atoms with Crippen molar-refractivity contribution >= 4 is 6.98 Å². The number of rotatable bonds is 3. The quantitative estimate of drug-likeness (QED) is 0.672. The Bertz CT molecular complexity index is 366. The van der Waals surface area contributed by atoms with Crippen LogP contribution in [0, 0.1) is 0 Å². The summed E-state index contributed by atoms with van der Waals surface area (Å²) in [6.07, 6.45) is 1.42. The molecule has 0 atom stereocenters. The number of benzene rings is 1. The van der Waals surface area contributed by atoms with E-state index in [-0.39, 0.29) is 5.41 Å². The van der Waals surface area contributed by atoms with E-state index in [0.29, 0.717) is 5.56 Å². The van der Waals surface area contributed by atoms with Gasteiger partial charge < -0.3 is 12.9 Å². The van der Waals surface area contributed by atoms with Crippen molar-refractivity contribution in [3.63, 3.8) is 0 Å². The van der Waals surface area contributed by atoms with E-state index >= 15 is 0 Å². The molecule has 1 saturated carbocycles. The molecule has 1 aromatic carbocycles. The van der Waals surface area contributed by atoms with Gasteiger partial charge in [0.2, 0.25) is 0 Å². The fourth-order valence-electron chi connectivity index (χ4n) is 1.82. The number of halogens is 3. The van der Waals surface area contributed by atoms with Crippen LogP contribution in [-0.2, 0) is 11.7 Å². The maximum Gasteiger partial charge on any atom is 0.482 e. The van der Waals surface area contributed by atoms with Crippen LogP contribution in [0.3, 0.4) is 0 Å². The molecule has 0 saturated heterocycles. The second-order valence-electron chi connectivity index (χ2n) is 4.68. The van der Waals surface area contributed by atoms with E-state index in [9.17, 15) is 12.9 Å². The molecule has 1 aliphatic carbocycles. The van der Waals surface area contributed by atoms with Crippen molar-refractivity contribution in [1.29, 1.82) is 0 Å². The summed E-state index contributed by atoms with van der Waals surface area (Å²) in [6.45, 7) is -2.61. The topological polar surface area (TPSA) is 0 Å². The Balaban J connectivity index is 2.20. The third kappa shape index (κ3) is 2.55. The highest BCUT2D eigenvalue weighted by atomic mass is 19.4. The zero-order valence-corrected chi connectivity index (χ0v) is 8.64. The molecule has 1 aliphatic rings. The standard InChI is InChI=1S/C11H13BF3/c1-11(5-6-11)10-4-2-3-9(7-10)8-12(13,14)15/h2-4,7H,5-6,8H2,1H3/q-1. The molecule has 4 heteroatoms. The highest BCUT2D eigenvalue weighted by Crippen LogP contribution is 2.47. The third-order valence-corrected chi connectivity index (χ3v) is 3.09. The monoisotopic (exact) mass is 213 g/mol. The Morgan fingerprint density at radius 3 is 2.47 bits per heavy atom. The summed E-state index contributed by atoms with van der Waals surface area (Å²) < 4.78 is 36.7. The predicted octanol–water partition coefficient (Wildman–Crippen LogP) is 3.67. The van der Waals surface area contributed by atoms with Gasteiger partial charge in [-0.05, 0) is 23.8 Å². The summed E-state index contributed by atoms with van der Waals surface area (Å²) in [5, 5.41) is 0. The summed E-state index contributed by atoms with van der Waals surface area (Å²) >= 11 is 0. The molecule has 0 amide bonds. The van der Waals surface area contributed by atoms with Crippen LogP contribution in [0.5, 0.6) is 0 Å². The minimum Gasteiger partial charge on any atom is -0.449 e. The van der Waals surface area contributed by atoms with Gasteiger partial charge in [0.1, 0.15) is 0 Å². The smallest absolute Gasteiger partial charge is 0.449 e. The van der Waals surface area contributed by atoms with Gasteiger partial charge in [-0.1, -0.05) is 43.1 Å². The first-order valence-electron chi connectivity index (χ1n) is 5.19. The lowest BCUT2D eigenvalue weighted by atomic mass is 9.80. The summed E-state index contributed by atoms with van der Waals surface area (Å²) in [7, 11) is 0. The van der Waals surface area contributed by atoms with E-state index in [1.807, 2.05) is 6.07 Å². The van der Waals surface area contributed by atoms with E-state index in [4.69, 9.17) is 0 Å². The summed E-state index contributed by atoms with van der Waals surface area (Å²) in [5.74, 6) is 0. The van der Waals surface area contributed by atoms with Crippen molar-refractivity contribution in [2.75, 3.05) is 0 Å². The minimum absolute atomic E-state index is 0.147. The van der Waals surface area contributed by atoms with Crippen LogP contribution in [0.15, 0.2) is 24.3 Å². The summed E-state index contributed by atoms with van der Waals surface area (Å²) in [5.41, 5.74) is 1.60. The van der Waals surface area contributed by atoms with Crippen LogP contribution >= 0.6 is 0 Å². The molecular weight excluding hydrogens is 200 g/mol. The SMILES string of the molecule is CC1(c2cccc(C[B-](F)(F)F)c2)CC1. The fraction of sp³-hybridized carbons (Fsp3) is 0.455. The van der Waals surface area contributed by atoms with Gasteiger partial charge in [-0.15, -0.1) is 0 Å². The zero-order valence-electron chi connectivity index (χ0n) is 8.64. The first kappa shape index (κ1) is 10.6. The van der Waals surface area contributed by atoms with Crippen molar-refractivity contribution < 1.29 is 12.9 Å². The maximum atomic E-state index is 12.2. The van der Waals surface area contributed by atoms with Gasteiger partial charge in [-0.3, -0.25) is 0 Å². The molecule has 0 unspecified atom stereocenters. The lowest BCUT2D eigenvalue weighted by Gasteiger charge is -2.16. The summed E-state index contributed by atoms with van der Waals surface area (Å²) in [6, 6.07) is 6.93. The first-order valence-corrected chi connectivity index (χ1v) is 5.19. The number of hydrogen-bond acceptors (Lipinski definition) is 0. The highest BCUT2D eigenvalue weighted by Gasteiger charge is 2.39. The van der Waals surface area contributed by atoms with E-state index in [0.717, 1.165) is 18.4 Å². The van der Waals surface area contributed by atoms with Crippen LogP contribution in [0.2, 0.25) is 0 Å². The molecular formula is C11H13BF3-. The van der Waals surface area contributed by atoms with Gasteiger partial charge in [-0.25, -0.2) is 0 Å². The van der Waals surface area contributed by atoms with Gasteiger partial charge in [0.25, 0.3) is 0 Å². The van der Waals surface area contributed by atoms with Crippen molar-refractivity contribution in [2.45, 2.75) is 31.5 Å². The molecule has 0 bridgehead atoms. The average Bonchev–Trinajstić information content (AvgIpc) is 2.82. The lowest BCUT2D eigenvalue weighted by Crippen LogP contribution is -2.19. The zero-order chi connectivity index (χ0) is 11.1. The van der Waals surface area contributed by atoms with Crippen molar-refractivity contribution in [3.05, 3.63) is 35.4 Å². The third-order valence-electron chi connectivity index (χ3n) is 3.09. The van der Waals surface area contributed by atoms with E-state index in [1.165, 1.54) is 0 Å². The fourth-order valence-corrected chi connectivity index (χ4v) is 1.82. The molecule has 0 N–H and O–H groups in total. The van der Waals surface area contributed by atoms with Crippen LogP contribution in [0.4, 0.5) is 12.9 Å². The van der Waals surface area contributed by atoms with Gasteiger partial charge in [0, 0.05) is 0 Å². The molecule has 0 spiro atoms. The van der Waals surface area contributed by atoms with Crippen LogP contribution in [0.25, 0.3) is 0 Å². The molecule has 0 nitrogen and oxygen atoms in total. The molecule has 15 heavy (non-hydrogen) atoms. The molecule has 0 aliphatic heterocycles. The van der Waals surface area contributed by atoms with Crippen LogP contribution < -0.4 is 0 Å². The second-order valence-corrected chi connectivity index (χ2v) is 4.68. The Labute approximate surface area is 87.6 Å². The van der Waals surface area contributed by atoms with Crippen molar-refractivity contribution in [1.82, 2.24) is 0 Å². The molecule has 0 heterocycles. The van der Waals surface area contributed by atoms with Crippen molar-refractivity contribution in [3.8, 4) is 0 Å². The molecule has 0 radical (unpaired) electrons. The van der Waals surface area contributed by atoms with Gasteiger partial charge in [0.15, 0.2) is 0 Å². The molecule has 2 rings (SSSR count). The van der Waals surface area contributed by atoms with E-state index < -0.39 is 13.3 Å². The van der Waals surface area contributed by atoms with Crippen molar-refractivity contribution in [2.24, 2.45) is 0 Å². The van der Waals surface area contributed by atoms with Crippen LogP contribution in [-0.4, -0.2) is 6.98 Å². The van der Waals surface area contributed by atoms with Crippen LogP contribution in [0.1, 0.15) is 30.9 Å². The molecule has 1 aromatic rings. The Kier molecular flexibility index (Phi) is 2.32. The van der Waals surface area contributed by atoms with Gasteiger partial charge >= 0.3 is 6.98 Å². The average molecular weight is 213 g/mol. The van der Waals surface area contributed by atoms with Gasteiger partial charge in [-0.2, -0.15) is 0 Å². The Morgan fingerprint density at radius 2 is 1.93 bits per heavy atom.